The van der Waals surface area contributed by atoms with Gasteiger partial charge < -0.3 is 18.3 Å². The van der Waals surface area contributed by atoms with Gasteiger partial charge in [-0.1, -0.05) is 66.7 Å². The van der Waals surface area contributed by atoms with Crippen LogP contribution in [0.2, 0.25) is 0 Å². The van der Waals surface area contributed by atoms with Gasteiger partial charge in [-0.3, -0.25) is 0 Å². The zero-order chi connectivity index (χ0) is 28.7. The summed E-state index contributed by atoms with van der Waals surface area (Å²) in [6, 6.07) is 29.4. The Morgan fingerprint density at radius 3 is 2.35 bits per heavy atom. The quantitative estimate of drug-likeness (QED) is 0.211. The number of rotatable bonds is 2. The molecular formula is C39H30O4. The van der Waals surface area contributed by atoms with E-state index >= 15 is 0 Å². The van der Waals surface area contributed by atoms with Crippen LogP contribution in [0.15, 0.2) is 111 Å². The highest BCUT2D eigenvalue weighted by atomic mass is 16.7. The lowest BCUT2D eigenvalue weighted by molar-refractivity contribution is -0.125. The Balaban J connectivity index is 1.21. The molecule has 3 aliphatic rings. The van der Waals surface area contributed by atoms with Crippen molar-refractivity contribution in [3.05, 3.63) is 119 Å². The molecule has 2 aliphatic carbocycles. The summed E-state index contributed by atoms with van der Waals surface area (Å²) in [6.45, 7) is 3.98. The van der Waals surface area contributed by atoms with Gasteiger partial charge in [-0.2, -0.15) is 0 Å². The fourth-order valence-electron chi connectivity index (χ4n) is 7.11. The van der Waals surface area contributed by atoms with Gasteiger partial charge in [0.15, 0.2) is 0 Å². The minimum Gasteiger partial charge on any atom is -0.457 e. The molecule has 4 nitrogen and oxygen atoms in total. The molecule has 6 aromatic rings. The number of allylic oxidation sites excluding steroid dienone is 4. The maximum atomic E-state index is 6.59. The van der Waals surface area contributed by atoms with Crippen molar-refractivity contribution in [2.45, 2.75) is 45.3 Å². The van der Waals surface area contributed by atoms with Crippen LogP contribution in [0.3, 0.4) is 0 Å². The fraction of sp³-hybridized carbons (Fsp3) is 0.179. The summed E-state index contributed by atoms with van der Waals surface area (Å²) in [5.41, 5.74) is 10.6. The molecule has 43 heavy (non-hydrogen) atoms. The number of hydrogen-bond donors (Lipinski definition) is 0. The molecule has 1 aliphatic heterocycles. The van der Waals surface area contributed by atoms with Gasteiger partial charge in [-0.05, 0) is 66.3 Å². The largest absolute Gasteiger partial charge is 0.457 e. The predicted molar refractivity (Wildman–Crippen MR) is 172 cm³/mol. The molecule has 9 rings (SSSR count). The summed E-state index contributed by atoms with van der Waals surface area (Å²) in [4.78, 5) is 0. The summed E-state index contributed by atoms with van der Waals surface area (Å²) in [7, 11) is 0. The van der Waals surface area contributed by atoms with Gasteiger partial charge in [0, 0.05) is 58.3 Å². The Kier molecular flexibility index (Phi) is 5.16. The van der Waals surface area contributed by atoms with Crippen LogP contribution in [-0.2, 0) is 4.74 Å². The first kappa shape index (κ1) is 24.6. The zero-order valence-corrected chi connectivity index (χ0v) is 24.2. The normalized spacial score (nSPS) is 17.4. The standard InChI is InChI=1S/C39H30O4/c1-39(2)42-35-20-18-23(25-11-7-13-30-27-9-3-5-15-33(27)40-37(25)30)21-32(35)29-19-17-24(22-36(29)43-39)26-12-8-14-31-28-10-4-6-16-34(28)41-38(26)31/h3-6,8-10,12-17,19,21-22H,7,11,18,20H2,1-2H3. The highest BCUT2D eigenvalue weighted by molar-refractivity contribution is 6.09. The van der Waals surface area contributed by atoms with E-state index in [4.69, 9.17) is 18.3 Å². The minimum atomic E-state index is -0.806. The average molecular weight is 563 g/mol. The Morgan fingerprint density at radius 2 is 1.47 bits per heavy atom. The van der Waals surface area contributed by atoms with Crippen molar-refractivity contribution in [3.8, 4) is 16.9 Å². The zero-order valence-electron chi connectivity index (χ0n) is 24.2. The third-order valence-corrected chi connectivity index (χ3v) is 8.99. The lowest BCUT2D eigenvalue weighted by atomic mass is 9.86. The van der Waals surface area contributed by atoms with E-state index in [-0.39, 0.29) is 0 Å². The van der Waals surface area contributed by atoms with Crippen LogP contribution < -0.4 is 15.4 Å². The molecule has 4 heteroatoms. The molecule has 0 bridgehead atoms. The van der Waals surface area contributed by atoms with E-state index in [1.54, 1.807) is 0 Å². The van der Waals surface area contributed by atoms with Gasteiger partial charge in [0.2, 0.25) is 5.79 Å². The second kappa shape index (κ2) is 9.02. The van der Waals surface area contributed by atoms with Crippen molar-refractivity contribution in [2.75, 3.05) is 0 Å². The molecule has 0 unspecified atom stereocenters. The summed E-state index contributed by atoms with van der Waals surface area (Å²) >= 11 is 0. The summed E-state index contributed by atoms with van der Waals surface area (Å²) in [5, 5.41) is 4.66. The Morgan fingerprint density at radius 1 is 0.674 bits per heavy atom. The molecule has 0 atom stereocenters. The van der Waals surface area contributed by atoms with Gasteiger partial charge >= 0.3 is 0 Å². The van der Waals surface area contributed by atoms with Crippen molar-refractivity contribution in [1.29, 1.82) is 0 Å². The maximum absolute atomic E-state index is 6.59. The highest BCUT2D eigenvalue weighted by Crippen LogP contribution is 2.46. The molecule has 4 aromatic carbocycles. The minimum absolute atomic E-state index is 0.806. The molecule has 3 heterocycles. The van der Waals surface area contributed by atoms with Crippen LogP contribution in [0.25, 0.3) is 61.3 Å². The van der Waals surface area contributed by atoms with Gasteiger partial charge in [-0.15, -0.1) is 0 Å². The molecule has 2 aromatic heterocycles. The van der Waals surface area contributed by atoms with Crippen LogP contribution >= 0.6 is 0 Å². The van der Waals surface area contributed by atoms with E-state index in [0.717, 1.165) is 92.4 Å². The first-order valence-corrected chi connectivity index (χ1v) is 15.1. The number of benzene rings is 4. The Labute approximate surface area is 248 Å². The first-order chi connectivity index (χ1) is 21.0. The molecule has 0 saturated heterocycles. The van der Waals surface area contributed by atoms with E-state index in [0.29, 0.717) is 0 Å². The summed E-state index contributed by atoms with van der Waals surface area (Å²) in [6.07, 6.45) is 8.34. The van der Waals surface area contributed by atoms with E-state index in [1.807, 2.05) is 32.0 Å². The molecule has 0 radical (unpaired) electrons. The number of furan rings is 2. The Bertz CT molecular complexity index is 2320. The second-order valence-electron chi connectivity index (χ2n) is 12.2. The SMILES string of the molecule is CC1(C)OC2=C(C=C(C3=c4oc5ccccc5c4=CCC3)CC2)c2ccc(-c3cccc4c3oc3ccccc34)cc2O1. The maximum Gasteiger partial charge on any atom is 0.245 e. The molecule has 0 spiro atoms. The van der Waals surface area contributed by atoms with Gasteiger partial charge in [0.1, 0.15) is 33.7 Å². The van der Waals surface area contributed by atoms with Crippen molar-refractivity contribution < 1.29 is 18.3 Å². The molecule has 0 saturated carbocycles. The molecule has 210 valence electrons. The lowest BCUT2D eigenvalue weighted by Crippen LogP contribution is -2.31. The number of hydrogen-bond acceptors (Lipinski definition) is 4. The molecule has 0 amide bonds. The van der Waals surface area contributed by atoms with Crippen LogP contribution in [0.4, 0.5) is 0 Å². The van der Waals surface area contributed by atoms with E-state index in [9.17, 15) is 0 Å². The third kappa shape index (κ3) is 3.82. The van der Waals surface area contributed by atoms with E-state index in [2.05, 4.69) is 78.9 Å². The molecule has 0 N–H and O–H groups in total. The summed E-state index contributed by atoms with van der Waals surface area (Å²) in [5.74, 6) is 0.983. The number of fused-ring (bicyclic) bond motifs is 8. The predicted octanol–water partition coefficient (Wildman–Crippen LogP) is 9.00. The topological polar surface area (TPSA) is 44.7 Å². The van der Waals surface area contributed by atoms with Crippen molar-refractivity contribution in [2.24, 2.45) is 0 Å². The van der Waals surface area contributed by atoms with E-state index < -0.39 is 5.79 Å². The van der Waals surface area contributed by atoms with Crippen molar-refractivity contribution in [1.82, 2.24) is 0 Å². The monoisotopic (exact) mass is 562 g/mol. The van der Waals surface area contributed by atoms with Crippen LogP contribution in [-0.4, -0.2) is 5.79 Å². The smallest absolute Gasteiger partial charge is 0.245 e. The van der Waals surface area contributed by atoms with Gasteiger partial charge in [-0.25, -0.2) is 0 Å². The third-order valence-electron chi connectivity index (χ3n) is 8.99. The van der Waals surface area contributed by atoms with Crippen LogP contribution in [0.1, 0.15) is 45.1 Å². The number of para-hydroxylation sites is 3. The second-order valence-corrected chi connectivity index (χ2v) is 12.2. The number of ether oxygens (including phenoxy) is 2. The van der Waals surface area contributed by atoms with Gasteiger partial charge in [0.25, 0.3) is 0 Å². The van der Waals surface area contributed by atoms with Crippen molar-refractivity contribution >= 4 is 50.1 Å². The highest BCUT2D eigenvalue weighted by Gasteiger charge is 2.33. The first-order valence-electron chi connectivity index (χ1n) is 15.1. The fourth-order valence-corrected chi connectivity index (χ4v) is 7.11. The Hall–Kier alpha value is -4.96. The average Bonchev–Trinajstić information content (AvgIpc) is 3.56. The lowest BCUT2D eigenvalue weighted by Gasteiger charge is -2.28. The molecule has 0 fully saturated rings. The van der Waals surface area contributed by atoms with E-state index in [1.165, 1.54) is 21.8 Å². The molecular weight excluding hydrogens is 532 g/mol. The van der Waals surface area contributed by atoms with Crippen LogP contribution in [0.5, 0.6) is 5.75 Å². The van der Waals surface area contributed by atoms with Crippen LogP contribution in [0, 0.1) is 0 Å². The van der Waals surface area contributed by atoms with Crippen molar-refractivity contribution in [3.63, 3.8) is 0 Å². The summed E-state index contributed by atoms with van der Waals surface area (Å²) < 4.78 is 26.0. The van der Waals surface area contributed by atoms with Gasteiger partial charge in [0.05, 0.1) is 0 Å².